The molecule has 0 radical (unpaired) electrons. The molecule has 0 unspecified atom stereocenters. The summed E-state index contributed by atoms with van der Waals surface area (Å²) in [4.78, 5) is 14.0. The fourth-order valence-electron chi connectivity index (χ4n) is 2.24. The van der Waals surface area contributed by atoms with Crippen LogP contribution < -0.4 is 15.0 Å². The van der Waals surface area contributed by atoms with Crippen LogP contribution in [0.3, 0.4) is 0 Å². The first-order valence-corrected chi connectivity index (χ1v) is 7.75. The Morgan fingerprint density at radius 1 is 1.08 bits per heavy atom. The molecule has 1 amide bonds. The highest BCUT2D eigenvalue weighted by atomic mass is 19.4. The second kappa shape index (κ2) is 8.41. The molecule has 0 saturated heterocycles. The van der Waals surface area contributed by atoms with Crippen LogP contribution in [0.25, 0.3) is 0 Å². The van der Waals surface area contributed by atoms with Crippen molar-refractivity contribution in [1.82, 2.24) is 5.32 Å². The van der Waals surface area contributed by atoms with Gasteiger partial charge in [-0.1, -0.05) is 18.2 Å². The number of anilines is 1. The summed E-state index contributed by atoms with van der Waals surface area (Å²) < 4.78 is 40.0. The Bertz CT molecular complexity index is 673. The third kappa shape index (κ3) is 6.37. The maximum Gasteiger partial charge on any atom is 0.573 e. The molecule has 2 rings (SSSR count). The van der Waals surface area contributed by atoms with Crippen molar-refractivity contribution in [3.8, 4) is 5.75 Å². The van der Waals surface area contributed by atoms with Crippen LogP contribution in [0, 0.1) is 0 Å². The van der Waals surface area contributed by atoms with Gasteiger partial charge in [-0.3, -0.25) is 4.79 Å². The molecule has 0 atom stereocenters. The Balaban J connectivity index is 1.75. The monoisotopic (exact) mass is 352 g/mol. The highest BCUT2D eigenvalue weighted by Gasteiger charge is 2.31. The van der Waals surface area contributed by atoms with E-state index >= 15 is 0 Å². The maximum atomic E-state index is 12.1. The number of ether oxygens (including phenoxy) is 1. The number of nitrogens with zero attached hydrogens (tertiary/aromatic N) is 1. The van der Waals surface area contributed by atoms with Gasteiger partial charge in [0, 0.05) is 31.4 Å². The number of rotatable bonds is 7. The molecule has 1 N–H and O–H groups in total. The van der Waals surface area contributed by atoms with Crippen molar-refractivity contribution in [2.45, 2.75) is 12.8 Å². The molecular formula is C18H19F3N2O2. The third-order valence-corrected chi connectivity index (χ3v) is 3.50. The number of para-hydroxylation sites is 1. The van der Waals surface area contributed by atoms with Gasteiger partial charge >= 0.3 is 6.36 Å². The molecule has 0 spiro atoms. The lowest BCUT2D eigenvalue weighted by Crippen LogP contribution is -2.28. The average Bonchev–Trinajstić information content (AvgIpc) is 2.58. The maximum absolute atomic E-state index is 12.1. The van der Waals surface area contributed by atoms with Crippen LogP contribution in [0.5, 0.6) is 5.75 Å². The smallest absolute Gasteiger partial charge is 0.406 e. The molecule has 0 bridgehead atoms. The second-order valence-electron chi connectivity index (χ2n) is 5.44. The lowest BCUT2D eigenvalue weighted by Gasteiger charge is -2.19. The van der Waals surface area contributed by atoms with Crippen LogP contribution in [-0.2, 0) is 0 Å². The van der Waals surface area contributed by atoms with Crippen LogP contribution in [0.4, 0.5) is 18.9 Å². The molecule has 134 valence electrons. The quantitative estimate of drug-likeness (QED) is 0.770. The number of carbonyl (C=O) groups is 1. The predicted molar refractivity (Wildman–Crippen MR) is 89.8 cm³/mol. The van der Waals surface area contributed by atoms with E-state index in [4.69, 9.17) is 0 Å². The molecular weight excluding hydrogens is 333 g/mol. The van der Waals surface area contributed by atoms with E-state index in [9.17, 15) is 18.0 Å². The van der Waals surface area contributed by atoms with E-state index in [1.807, 2.05) is 37.4 Å². The summed E-state index contributed by atoms with van der Waals surface area (Å²) in [5.41, 5.74) is 1.38. The van der Waals surface area contributed by atoms with E-state index in [1.165, 1.54) is 12.1 Å². The summed E-state index contributed by atoms with van der Waals surface area (Å²) in [6, 6.07) is 14.7. The lowest BCUT2D eigenvalue weighted by molar-refractivity contribution is -0.274. The minimum Gasteiger partial charge on any atom is -0.406 e. The van der Waals surface area contributed by atoms with Crippen LogP contribution in [0.15, 0.2) is 54.6 Å². The molecule has 2 aromatic rings. The van der Waals surface area contributed by atoms with Crippen molar-refractivity contribution < 1.29 is 22.7 Å². The lowest BCUT2D eigenvalue weighted by atomic mass is 10.2. The van der Waals surface area contributed by atoms with Crippen molar-refractivity contribution >= 4 is 11.6 Å². The van der Waals surface area contributed by atoms with Gasteiger partial charge in [0.1, 0.15) is 5.75 Å². The van der Waals surface area contributed by atoms with Gasteiger partial charge in [-0.15, -0.1) is 13.2 Å². The predicted octanol–water partition coefficient (Wildman–Crippen LogP) is 3.84. The van der Waals surface area contributed by atoms with Crippen molar-refractivity contribution in [2.24, 2.45) is 0 Å². The van der Waals surface area contributed by atoms with Gasteiger partial charge in [0.15, 0.2) is 0 Å². The van der Waals surface area contributed by atoms with Crippen LogP contribution >= 0.6 is 0 Å². The van der Waals surface area contributed by atoms with Gasteiger partial charge in [-0.05, 0) is 42.8 Å². The van der Waals surface area contributed by atoms with E-state index in [-0.39, 0.29) is 17.2 Å². The van der Waals surface area contributed by atoms with Crippen molar-refractivity contribution in [3.05, 3.63) is 60.2 Å². The number of nitrogens with one attached hydrogen (secondary N) is 1. The minimum atomic E-state index is -4.74. The zero-order chi connectivity index (χ0) is 18.3. The Hall–Kier alpha value is -2.70. The summed E-state index contributed by atoms with van der Waals surface area (Å²) in [6.45, 7) is 1.24. The van der Waals surface area contributed by atoms with E-state index in [0.717, 1.165) is 30.8 Å². The zero-order valence-electron chi connectivity index (χ0n) is 13.7. The molecule has 7 heteroatoms. The molecule has 2 aromatic carbocycles. The zero-order valence-corrected chi connectivity index (χ0v) is 13.7. The van der Waals surface area contributed by atoms with Gasteiger partial charge in [-0.25, -0.2) is 0 Å². The first-order valence-electron chi connectivity index (χ1n) is 7.75. The first-order chi connectivity index (χ1) is 11.8. The Morgan fingerprint density at radius 3 is 2.32 bits per heavy atom. The number of amides is 1. The second-order valence-corrected chi connectivity index (χ2v) is 5.44. The fourth-order valence-corrected chi connectivity index (χ4v) is 2.24. The van der Waals surface area contributed by atoms with Crippen molar-refractivity contribution in [2.75, 3.05) is 25.0 Å². The summed E-state index contributed by atoms with van der Waals surface area (Å²) in [5.74, 6) is -0.686. The molecule has 0 aliphatic carbocycles. The number of halogens is 3. The molecule has 0 fully saturated rings. The number of benzene rings is 2. The molecule has 0 aliphatic rings. The van der Waals surface area contributed by atoms with Gasteiger partial charge < -0.3 is 15.0 Å². The van der Waals surface area contributed by atoms with Crippen LogP contribution in [-0.4, -0.2) is 32.4 Å². The Kier molecular flexibility index (Phi) is 6.27. The first kappa shape index (κ1) is 18.6. The van der Waals surface area contributed by atoms with Gasteiger partial charge in [-0.2, -0.15) is 0 Å². The number of carbonyl (C=O) groups excluding carboxylic acids is 1. The number of hydrogen-bond acceptors (Lipinski definition) is 3. The fraction of sp³-hybridized carbons (Fsp3) is 0.278. The SMILES string of the molecule is CN(CCCNC(=O)c1ccc(OC(F)(F)F)cc1)c1ccccc1. The average molecular weight is 352 g/mol. The van der Waals surface area contributed by atoms with Crippen LogP contribution in [0.2, 0.25) is 0 Å². The molecule has 0 aromatic heterocycles. The summed E-state index contributed by atoms with van der Waals surface area (Å²) in [6.07, 6.45) is -4.00. The summed E-state index contributed by atoms with van der Waals surface area (Å²) in [7, 11) is 1.97. The molecule has 0 saturated carbocycles. The Labute approximate surface area is 144 Å². The molecule has 0 aliphatic heterocycles. The van der Waals surface area contributed by atoms with E-state index in [0.29, 0.717) is 6.54 Å². The molecule has 25 heavy (non-hydrogen) atoms. The van der Waals surface area contributed by atoms with Gasteiger partial charge in [0.25, 0.3) is 5.91 Å². The van der Waals surface area contributed by atoms with Gasteiger partial charge in [0.2, 0.25) is 0 Å². The van der Waals surface area contributed by atoms with E-state index < -0.39 is 6.36 Å². The van der Waals surface area contributed by atoms with Crippen molar-refractivity contribution in [3.63, 3.8) is 0 Å². The Morgan fingerprint density at radius 2 is 1.72 bits per heavy atom. The topological polar surface area (TPSA) is 41.6 Å². The van der Waals surface area contributed by atoms with E-state index in [1.54, 1.807) is 0 Å². The molecule has 4 nitrogen and oxygen atoms in total. The van der Waals surface area contributed by atoms with Crippen LogP contribution in [0.1, 0.15) is 16.8 Å². The number of alkyl halides is 3. The normalized spacial score (nSPS) is 11.0. The van der Waals surface area contributed by atoms with Crippen molar-refractivity contribution in [1.29, 1.82) is 0 Å². The van der Waals surface area contributed by atoms with Gasteiger partial charge in [0.05, 0.1) is 0 Å². The number of hydrogen-bond donors (Lipinski definition) is 1. The van der Waals surface area contributed by atoms with E-state index in [2.05, 4.69) is 15.0 Å². The molecule has 0 heterocycles. The minimum absolute atomic E-state index is 0.283. The highest BCUT2D eigenvalue weighted by Crippen LogP contribution is 2.22. The third-order valence-electron chi connectivity index (χ3n) is 3.50. The summed E-state index contributed by atoms with van der Waals surface area (Å²) >= 11 is 0. The largest absolute Gasteiger partial charge is 0.573 e. The summed E-state index contributed by atoms with van der Waals surface area (Å²) in [5, 5.41) is 2.74. The standard InChI is InChI=1S/C18H19F3N2O2/c1-23(15-6-3-2-4-7-15)13-5-12-22-17(24)14-8-10-16(11-9-14)25-18(19,20)21/h2-4,6-11H,5,12-13H2,1H3,(H,22,24). The highest BCUT2D eigenvalue weighted by molar-refractivity contribution is 5.94.